The van der Waals surface area contributed by atoms with Gasteiger partial charge in [-0.1, -0.05) is 12.7 Å². The summed E-state index contributed by atoms with van der Waals surface area (Å²) >= 11 is 10.1. The van der Waals surface area contributed by atoms with Crippen LogP contribution >= 0.6 is 39.5 Å². The Morgan fingerprint density at radius 3 is 3.00 bits per heavy atom. The summed E-state index contributed by atoms with van der Waals surface area (Å²) in [6, 6.07) is 3.60. The highest BCUT2D eigenvalue weighted by atomic mass is 79.9. The van der Waals surface area contributed by atoms with Crippen LogP contribution in [-0.2, 0) is 9.53 Å². The molecule has 2 N–H and O–H groups in total. The summed E-state index contributed by atoms with van der Waals surface area (Å²) in [5, 5.41) is 6.57. The van der Waals surface area contributed by atoms with Crippen LogP contribution in [-0.4, -0.2) is 17.7 Å². The minimum absolute atomic E-state index is 0.181. The Kier molecular flexibility index (Phi) is 4.95. The molecule has 0 saturated carbocycles. The molecule has 0 radical (unpaired) electrons. The van der Waals surface area contributed by atoms with Crippen LogP contribution in [0.5, 0.6) is 0 Å². The van der Waals surface area contributed by atoms with Crippen LogP contribution in [0.25, 0.3) is 0 Å². The summed E-state index contributed by atoms with van der Waals surface area (Å²) in [6.07, 6.45) is 1.54. The van der Waals surface area contributed by atoms with Crippen molar-refractivity contribution in [3.05, 3.63) is 44.7 Å². The van der Waals surface area contributed by atoms with Gasteiger partial charge in [0.05, 0.1) is 15.4 Å². The summed E-state index contributed by atoms with van der Waals surface area (Å²) in [5.41, 5.74) is 1.24. The van der Waals surface area contributed by atoms with Crippen molar-refractivity contribution in [1.82, 2.24) is 10.6 Å². The van der Waals surface area contributed by atoms with Gasteiger partial charge in [0.2, 0.25) is 0 Å². The number of carbonyl (C=O) groups excluding carboxylic acids is 1. The van der Waals surface area contributed by atoms with E-state index in [1.165, 1.54) is 0 Å². The van der Waals surface area contributed by atoms with Crippen LogP contribution in [0.1, 0.15) is 17.8 Å². The zero-order valence-electron chi connectivity index (χ0n) is 10.7. The average molecular weight is 373 g/mol. The zero-order chi connectivity index (χ0) is 14.7. The lowest BCUT2D eigenvalue weighted by Gasteiger charge is -2.28. The molecule has 0 amide bonds. The Labute approximate surface area is 135 Å². The molecule has 106 valence electrons. The van der Waals surface area contributed by atoms with Gasteiger partial charge in [0.1, 0.15) is 6.61 Å². The Morgan fingerprint density at radius 1 is 1.65 bits per heavy atom. The van der Waals surface area contributed by atoms with E-state index < -0.39 is 0 Å². The lowest BCUT2D eigenvalue weighted by atomic mass is 10.0. The van der Waals surface area contributed by atoms with E-state index in [2.05, 4.69) is 33.1 Å². The molecule has 1 aromatic rings. The number of rotatable bonds is 4. The van der Waals surface area contributed by atoms with E-state index in [1.807, 2.05) is 19.1 Å². The van der Waals surface area contributed by atoms with E-state index in [1.54, 1.807) is 17.4 Å². The van der Waals surface area contributed by atoms with E-state index in [-0.39, 0.29) is 18.6 Å². The molecule has 0 aliphatic carbocycles. The monoisotopic (exact) mass is 372 g/mol. The van der Waals surface area contributed by atoms with Crippen molar-refractivity contribution in [2.45, 2.75) is 13.0 Å². The van der Waals surface area contributed by atoms with Crippen molar-refractivity contribution in [2.24, 2.45) is 0 Å². The first-order valence-corrected chi connectivity index (χ1v) is 7.86. The number of hydrogen-bond donors (Lipinski definition) is 2. The average Bonchev–Trinajstić information content (AvgIpc) is 2.81. The van der Waals surface area contributed by atoms with E-state index >= 15 is 0 Å². The van der Waals surface area contributed by atoms with Gasteiger partial charge in [-0.05, 0) is 47.2 Å². The summed E-state index contributed by atoms with van der Waals surface area (Å²) in [4.78, 5) is 13.2. The van der Waals surface area contributed by atoms with Crippen LogP contribution in [0.3, 0.4) is 0 Å². The van der Waals surface area contributed by atoms with E-state index in [9.17, 15) is 4.79 Å². The quantitative estimate of drug-likeness (QED) is 0.483. The number of allylic oxidation sites excluding steroid dienone is 1. The summed E-state index contributed by atoms with van der Waals surface area (Å²) in [5.74, 6) is -0.376. The molecule has 0 saturated heterocycles. The molecule has 2 rings (SSSR count). The first kappa shape index (κ1) is 15.2. The predicted molar refractivity (Wildman–Crippen MR) is 87.5 cm³/mol. The number of hydrogen-bond acceptors (Lipinski definition) is 4. The number of esters is 1. The van der Waals surface area contributed by atoms with Gasteiger partial charge in [0.15, 0.2) is 5.11 Å². The molecule has 1 aliphatic rings. The van der Waals surface area contributed by atoms with Crippen molar-refractivity contribution in [2.75, 3.05) is 6.61 Å². The second kappa shape index (κ2) is 6.51. The Balaban J connectivity index is 2.36. The van der Waals surface area contributed by atoms with Crippen molar-refractivity contribution in [1.29, 1.82) is 0 Å². The molecule has 4 nitrogen and oxygen atoms in total. The van der Waals surface area contributed by atoms with Crippen LogP contribution < -0.4 is 10.6 Å². The Morgan fingerprint density at radius 2 is 2.40 bits per heavy atom. The highest BCUT2D eigenvalue weighted by molar-refractivity contribution is 9.11. The first-order valence-electron chi connectivity index (χ1n) is 5.84. The maximum Gasteiger partial charge on any atom is 0.338 e. The van der Waals surface area contributed by atoms with Crippen molar-refractivity contribution in [3.63, 3.8) is 0 Å². The number of thiocarbonyl (C=S) groups is 1. The maximum atomic E-state index is 12.2. The first-order chi connectivity index (χ1) is 9.52. The third-order valence-corrected chi connectivity index (χ3v) is 4.61. The normalized spacial score (nSPS) is 18.3. The molecular weight excluding hydrogens is 360 g/mol. The molecule has 20 heavy (non-hydrogen) atoms. The number of ether oxygens (including phenoxy) is 1. The summed E-state index contributed by atoms with van der Waals surface area (Å²) in [6.45, 7) is 5.53. The lowest BCUT2D eigenvalue weighted by molar-refractivity contribution is -0.138. The minimum atomic E-state index is -0.376. The molecule has 0 unspecified atom stereocenters. The molecular formula is C13H13BrN2O2S2. The van der Waals surface area contributed by atoms with E-state index in [4.69, 9.17) is 17.0 Å². The fraction of sp³-hybridized carbons (Fsp3) is 0.231. The van der Waals surface area contributed by atoms with Gasteiger partial charge in [-0.15, -0.1) is 11.3 Å². The van der Waals surface area contributed by atoms with Gasteiger partial charge in [-0.25, -0.2) is 4.79 Å². The molecule has 1 atom stereocenters. The van der Waals surface area contributed by atoms with Crippen molar-refractivity contribution < 1.29 is 9.53 Å². The zero-order valence-corrected chi connectivity index (χ0v) is 14.0. The summed E-state index contributed by atoms with van der Waals surface area (Å²) in [7, 11) is 0. The van der Waals surface area contributed by atoms with Crippen LogP contribution in [0.15, 0.2) is 39.8 Å². The smallest absolute Gasteiger partial charge is 0.338 e. The third kappa shape index (κ3) is 3.28. The van der Waals surface area contributed by atoms with Crippen molar-refractivity contribution >= 4 is 50.6 Å². The molecule has 0 spiro atoms. The molecule has 7 heteroatoms. The summed E-state index contributed by atoms with van der Waals surface area (Å²) < 4.78 is 6.15. The second-order valence-corrected chi connectivity index (χ2v) is 7.00. The van der Waals surface area contributed by atoms with Gasteiger partial charge < -0.3 is 15.4 Å². The predicted octanol–water partition coefficient (Wildman–Crippen LogP) is 3.03. The number of carbonyl (C=O) groups is 1. The fourth-order valence-electron chi connectivity index (χ4n) is 1.87. The van der Waals surface area contributed by atoms with E-state index in [0.717, 1.165) is 8.66 Å². The highest BCUT2D eigenvalue weighted by Crippen LogP contribution is 2.34. The van der Waals surface area contributed by atoms with Gasteiger partial charge in [0, 0.05) is 10.6 Å². The SMILES string of the molecule is C=CCOC(=O)C1=C(C)NC(=S)N[C@@H]1c1ccc(Br)s1. The van der Waals surface area contributed by atoms with Crippen LogP contribution in [0, 0.1) is 0 Å². The van der Waals surface area contributed by atoms with Gasteiger partial charge >= 0.3 is 5.97 Å². The van der Waals surface area contributed by atoms with Crippen molar-refractivity contribution in [3.8, 4) is 0 Å². The molecule has 2 heterocycles. The van der Waals surface area contributed by atoms with Gasteiger partial charge in [-0.2, -0.15) is 0 Å². The molecule has 0 bridgehead atoms. The Hall–Kier alpha value is -1.18. The number of halogens is 1. The lowest BCUT2D eigenvalue weighted by Crippen LogP contribution is -2.44. The van der Waals surface area contributed by atoms with E-state index in [0.29, 0.717) is 16.4 Å². The number of nitrogens with one attached hydrogen (secondary N) is 2. The van der Waals surface area contributed by atoms with Crippen LogP contribution in [0.2, 0.25) is 0 Å². The highest BCUT2D eigenvalue weighted by Gasteiger charge is 2.31. The minimum Gasteiger partial charge on any atom is -0.458 e. The topological polar surface area (TPSA) is 50.4 Å². The second-order valence-electron chi connectivity index (χ2n) is 4.10. The van der Waals surface area contributed by atoms with Gasteiger partial charge in [0.25, 0.3) is 0 Å². The molecule has 1 aliphatic heterocycles. The van der Waals surface area contributed by atoms with Crippen LogP contribution in [0.4, 0.5) is 0 Å². The fourth-order valence-corrected chi connectivity index (χ4v) is 3.63. The molecule has 0 aromatic carbocycles. The maximum absolute atomic E-state index is 12.2. The number of thiophene rings is 1. The molecule has 1 aromatic heterocycles. The van der Waals surface area contributed by atoms with Gasteiger partial charge in [-0.3, -0.25) is 0 Å². The largest absolute Gasteiger partial charge is 0.458 e. The standard InChI is InChI=1S/C13H13BrN2O2S2/c1-3-6-18-12(17)10-7(2)15-13(19)16-11(10)8-4-5-9(14)20-8/h3-5,11H,1,6H2,2H3,(H2,15,16,19)/t11-/m1/s1. The third-order valence-electron chi connectivity index (χ3n) is 2.70. The Bertz CT molecular complexity index is 595. The molecule has 0 fully saturated rings.